The summed E-state index contributed by atoms with van der Waals surface area (Å²) in [7, 11) is -0.662. The van der Waals surface area contributed by atoms with Gasteiger partial charge in [-0.3, -0.25) is 9.48 Å². The Morgan fingerprint density at radius 3 is 2.33 bits per heavy atom. The van der Waals surface area contributed by atoms with Crippen molar-refractivity contribution >= 4 is 21.6 Å². The van der Waals surface area contributed by atoms with E-state index in [-0.39, 0.29) is 17.3 Å². The molecule has 0 aliphatic heterocycles. The van der Waals surface area contributed by atoms with E-state index in [0.29, 0.717) is 23.0 Å². The minimum Gasteiger partial charge on any atom is -0.324 e. The number of benzene rings is 1. The second kappa shape index (κ2) is 8.22. The van der Waals surface area contributed by atoms with Gasteiger partial charge in [-0.2, -0.15) is 5.10 Å². The van der Waals surface area contributed by atoms with Gasteiger partial charge in [-0.25, -0.2) is 12.7 Å². The predicted octanol–water partition coefficient (Wildman–Crippen LogP) is 2.90. The van der Waals surface area contributed by atoms with Crippen molar-refractivity contribution in [3.8, 4) is 0 Å². The number of sulfonamides is 1. The van der Waals surface area contributed by atoms with Crippen LogP contribution >= 0.6 is 0 Å². The first-order chi connectivity index (χ1) is 12.6. The van der Waals surface area contributed by atoms with Crippen LogP contribution in [0.15, 0.2) is 29.2 Å². The summed E-state index contributed by atoms with van der Waals surface area (Å²) in [6.07, 6.45) is 1.06. The van der Waals surface area contributed by atoms with Crippen molar-refractivity contribution in [3.05, 3.63) is 41.2 Å². The number of amides is 1. The lowest BCUT2D eigenvalue weighted by atomic mass is 9.99. The van der Waals surface area contributed by atoms with Gasteiger partial charge in [0.15, 0.2) is 0 Å². The Bertz CT molecular complexity index is 915. The van der Waals surface area contributed by atoms with Crippen molar-refractivity contribution in [2.45, 2.75) is 51.5 Å². The van der Waals surface area contributed by atoms with Crippen LogP contribution in [-0.4, -0.2) is 42.5 Å². The van der Waals surface area contributed by atoms with Gasteiger partial charge in [0.05, 0.1) is 11.4 Å². The lowest BCUT2D eigenvalue weighted by molar-refractivity contribution is -0.116. The SMILES string of the molecule is CC[C@@H](C)c1ccc(NC(=O)Cn2nc(C)c(S(=O)(=O)N(C)C)c2C)cc1. The first-order valence-corrected chi connectivity index (χ1v) is 10.4. The molecule has 2 aromatic rings. The van der Waals surface area contributed by atoms with E-state index >= 15 is 0 Å². The maximum atomic E-state index is 12.4. The Balaban J connectivity index is 2.15. The number of hydrogen-bond donors (Lipinski definition) is 1. The molecule has 0 aliphatic carbocycles. The van der Waals surface area contributed by atoms with Crippen LogP contribution in [0.4, 0.5) is 5.69 Å². The van der Waals surface area contributed by atoms with Gasteiger partial charge in [0.1, 0.15) is 11.4 Å². The predicted molar refractivity (Wildman–Crippen MR) is 106 cm³/mol. The van der Waals surface area contributed by atoms with E-state index in [1.807, 2.05) is 24.3 Å². The third-order valence-corrected chi connectivity index (χ3v) is 6.79. The fourth-order valence-corrected chi connectivity index (χ4v) is 4.12. The molecule has 0 radical (unpaired) electrons. The Morgan fingerprint density at radius 1 is 1.22 bits per heavy atom. The number of rotatable bonds is 7. The van der Waals surface area contributed by atoms with E-state index in [9.17, 15) is 13.2 Å². The monoisotopic (exact) mass is 392 g/mol. The molecule has 0 aliphatic rings. The van der Waals surface area contributed by atoms with E-state index in [4.69, 9.17) is 0 Å². The molecular formula is C19H28N4O3S. The Kier molecular flexibility index (Phi) is 6.43. The largest absolute Gasteiger partial charge is 0.324 e. The third kappa shape index (κ3) is 4.56. The van der Waals surface area contributed by atoms with Crippen molar-refractivity contribution < 1.29 is 13.2 Å². The summed E-state index contributed by atoms with van der Waals surface area (Å²) < 4.78 is 27.5. The van der Waals surface area contributed by atoms with Gasteiger partial charge in [-0.1, -0.05) is 26.0 Å². The molecule has 148 valence electrons. The third-order valence-electron chi connectivity index (χ3n) is 4.72. The van der Waals surface area contributed by atoms with E-state index < -0.39 is 10.0 Å². The fraction of sp³-hybridized carbons (Fsp3) is 0.474. The van der Waals surface area contributed by atoms with Crippen molar-refractivity contribution in [3.63, 3.8) is 0 Å². The highest BCUT2D eigenvalue weighted by atomic mass is 32.2. The summed E-state index contributed by atoms with van der Waals surface area (Å²) >= 11 is 0. The number of aromatic nitrogens is 2. The summed E-state index contributed by atoms with van der Waals surface area (Å²) in [5.41, 5.74) is 2.76. The maximum absolute atomic E-state index is 12.4. The summed E-state index contributed by atoms with van der Waals surface area (Å²) in [5, 5.41) is 7.07. The number of nitrogens with zero attached hydrogens (tertiary/aromatic N) is 3. The van der Waals surface area contributed by atoms with E-state index in [2.05, 4.69) is 24.3 Å². The van der Waals surface area contributed by atoms with Crippen LogP contribution in [0.25, 0.3) is 0 Å². The molecule has 8 heteroatoms. The Hall–Kier alpha value is -2.19. The van der Waals surface area contributed by atoms with Gasteiger partial charge < -0.3 is 5.32 Å². The molecule has 0 spiro atoms. The van der Waals surface area contributed by atoms with Crippen LogP contribution in [0, 0.1) is 13.8 Å². The first kappa shape index (κ1) is 21.1. The second-order valence-corrected chi connectivity index (χ2v) is 9.01. The van der Waals surface area contributed by atoms with Crippen LogP contribution in [-0.2, 0) is 21.4 Å². The van der Waals surface area contributed by atoms with E-state index in [0.717, 1.165) is 10.7 Å². The number of anilines is 1. The van der Waals surface area contributed by atoms with Crippen LogP contribution in [0.5, 0.6) is 0 Å². The molecule has 1 amide bonds. The van der Waals surface area contributed by atoms with Gasteiger partial charge in [0, 0.05) is 19.8 Å². The summed E-state index contributed by atoms with van der Waals surface area (Å²) in [6, 6.07) is 7.77. The topological polar surface area (TPSA) is 84.3 Å². The highest BCUT2D eigenvalue weighted by molar-refractivity contribution is 7.89. The number of aryl methyl sites for hydroxylation is 1. The zero-order chi connectivity index (χ0) is 20.4. The van der Waals surface area contributed by atoms with Crippen molar-refractivity contribution in [2.24, 2.45) is 0 Å². The van der Waals surface area contributed by atoms with Gasteiger partial charge >= 0.3 is 0 Å². The zero-order valence-electron chi connectivity index (χ0n) is 16.8. The summed E-state index contributed by atoms with van der Waals surface area (Å²) in [6.45, 7) is 7.54. The molecule has 1 aromatic carbocycles. The Morgan fingerprint density at radius 2 is 1.81 bits per heavy atom. The highest BCUT2D eigenvalue weighted by Crippen LogP contribution is 2.23. The van der Waals surface area contributed by atoms with Gasteiger partial charge in [-0.15, -0.1) is 0 Å². The first-order valence-electron chi connectivity index (χ1n) is 8.94. The lowest BCUT2D eigenvalue weighted by Gasteiger charge is -2.12. The average Bonchev–Trinajstić information content (AvgIpc) is 2.88. The molecule has 0 unspecified atom stereocenters. The van der Waals surface area contributed by atoms with Crippen molar-refractivity contribution in [1.82, 2.24) is 14.1 Å². The molecule has 0 fully saturated rings. The molecule has 1 aromatic heterocycles. The van der Waals surface area contributed by atoms with Crippen molar-refractivity contribution in [2.75, 3.05) is 19.4 Å². The van der Waals surface area contributed by atoms with Gasteiger partial charge in [-0.05, 0) is 43.9 Å². The molecule has 1 heterocycles. The van der Waals surface area contributed by atoms with Crippen molar-refractivity contribution in [1.29, 1.82) is 0 Å². The fourth-order valence-electron chi connectivity index (χ4n) is 2.86. The number of carbonyl (C=O) groups is 1. The van der Waals surface area contributed by atoms with Crippen LogP contribution in [0.3, 0.4) is 0 Å². The molecule has 1 atom stereocenters. The van der Waals surface area contributed by atoms with Gasteiger partial charge in [0.2, 0.25) is 15.9 Å². The summed E-state index contributed by atoms with van der Waals surface area (Å²) in [4.78, 5) is 12.5. The second-order valence-electron chi connectivity index (χ2n) is 6.92. The molecule has 2 rings (SSSR count). The molecule has 0 bridgehead atoms. The quantitative estimate of drug-likeness (QED) is 0.785. The maximum Gasteiger partial charge on any atom is 0.246 e. The minimum absolute atomic E-state index is 0.0528. The lowest BCUT2D eigenvalue weighted by Crippen LogP contribution is -2.24. The number of nitrogens with one attached hydrogen (secondary N) is 1. The molecule has 0 saturated heterocycles. The molecule has 27 heavy (non-hydrogen) atoms. The molecule has 7 nitrogen and oxygen atoms in total. The molecular weight excluding hydrogens is 364 g/mol. The smallest absolute Gasteiger partial charge is 0.246 e. The number of carbonyl (C=O) groups excluding carboxylic acids is 1. The normalized spacial score (nSPS) is 13.0. The minimum atomic E-state index is -3.61. The summed E-state index contributed by atoms with van der Waals surface area (Å²) in [5.74, 6) is 0.215. The standard InChI is InChI=1S/C19H28N4O3S/c1-7-13(2)16-8-10-17(11-9-16)20-18(24)12-23-15(4)19(14(3)21-23)27(25,26)22(5)6/h8-11,13H,7,12H2,1-6H3,(H,20,24)/t13-/m1/s1. The van der Waals surface area contributed by atoms with E-state index in [1.165, 1.54) is 24.3 Å². The Labute approximate surface area is 161 Å². The molecule has 1 N–H and O–H groups in total. The molecule has 0 saturated carbocycles. The average molecular weight is 393 g/mol. The highest BCUT2D eigenvalue weighted by Gasteiger charge is 2.27. The van der Waals surface area contributed by atoms with Crippen LogP contribution in [0.1, 0.15) is 43.1 Å². The van der Waals surface area contributed by atoms with Crippen LogP contribution in [0.2, 0.25) is 0 Å². The van der Waals surface area contributed by atoms with Crippen LogP contribution < -0.4 is 5.32 Å². The van der Waals surface area contributed by atoms with Gasteiger partial charge in [0.25, 0.3) is 0 Å². The van der Waals surface area contributed by atoms with E-state index in [1.54, 1.807) is 13.8 Å². The zero-order valence-corrected chi connectivity index (χ0v) is 17.6. The number of hydrogen-bond acceptors (Lipinski definition) is 4.